The molecule has 5 heteroatoms. The minimum absolute atomic E-state index is 0.103. The van der Waals surface area contributed by atoms with E-state index in [4.69, 9.17) is 9.47 Å². The van der Waals surface area contributed by atoms with E-state index in [1.807, 2.05) is 13.8 Å². The first-order chi connectivity index (χ1) is 8.89. The van der Waals surface area contributed by atoms with Gasteiger partial charge in [-0.3, -0.25) is 4.79 Å². The average molecular weight is 264 g/mol. The fourth-order valence-corrected chi connectivity index (χ4v) is 2.21. The van der Waals surface area contributed by atoms with Crippen LogP contribution in [0.5, 0.6) is 11.5 Å². The summed E-state index contributed by atoms with van der Waals surface area (Å²) in [4.78, 5) is 23.9. The topological polar surface area (TPSA) is 61.8 Å². The third kappa shape index (κ3) is 2.28. The maximum absolute atomic E-state index is 12.2. The van der Waals surface area contributed by atoms with Crippen molar-refractivity contribution in [3.63, 3.8) is 0 Å². The number of carbonyl (C=O) groups is 2. The molecule has 0 spiro atoms. The van der Waals surface area contributed by atoms with Crippen LogP contribution in [-0.2, 0) is 4.74 Å². The number of ether oxygens (including phenoxy) is 3. The summed E-state index contributed by atoms with van der Waals surface area (Å²) >= 11 is 0. The first-order valence-corrected chi connectivity index (χ1v) is 5.91. The van der Waals surface area contributed by atoms with E-state index in [0.717, 1.165) is 0 Å². The molecular formula is C14H16O5. The predicted octanol–water partition coefficient (Wildman–Crippen LogP) is 2.23. The number of Topliss-reactive ketones (excluding diaryl/α,β-unsaturated/α-hetero) is 1. The summed E-state index contributed by atoms with van der Waals surface area (Å²) < 4.78 is 15.6. The van der Waals surface area contributed by atoms with E-state index in [1.165, 1.54) is 20.3 Å². The molecule has 5 nitrogen and oxygen atoms in total. The van der Waals surface area contributed by atoms with Crippen molar-refractivity contribution < 1.29 is 23.8 Å². The van der Waals surface area contributed by atoms with Gasteiger partial charge in [-0.05, 0) is 26.0 Å². The molecule has 1 heterocycles. The Labute approximate surface area is 111 Å². The van der Waals surface area contributed by atoms with Crippen molar-refractivity contribution in [1.29, 1.82) is 0 Å². The SMILES string of the molecule is COC(=O)c1ccc2c(c1OC)C(=O)CC(C)(C)O2. The molecule has 1 aromatic carbocycles. The summed E-state index contributed by atoms with van der Waals surface area (Å²) in [7, 11) is 2.69. The molecule has 0 aliphatic carbocycles. The van der Waals surface area contributed by atoms with Crippen molar-refractivity contribution in [3.05, 3.63) is 23.3 Å². The third-order valence-electron chi connectivity index (χ3n) is 2.98. The van der Waals surface area contributed by atoms with Crippen molar-refractivity contribution in [2.24, 2.45) is 0 Å². The predicted molar refractivity (Wildman–Crippen MR) is 68.0 cm³/mol. The van der Waals surface area contributed by atoms with Gasteiger partial charge in [0.15, 0.2) is 5.78 Å². The zero-order valence-electron chi connectivity index (χ0n) is 11.4. The molecule has 1 aromatic rings. The summed E-state index contributed by atoms with van der Waals surface area (Å²) in [5.41, 5.74) is -0.0212. The van der Waals surface area contributed by atoms with Crippen LogP contribution in [0.3, 0.4) is 0 Å². The van der Waals surface area contributed by atoms with Crippen LogP contribution in [0.15, 0.2) is 12.1 Å². The number of methoxy groups -OCH3 is 2. The number of hydrogen-bond acceptors (Lipinski definition) is 5. The zero-order chi connectivity index (χ0) is 14.2. The first kappa shape index (κ1) is 13.4. The monoisotopic (exact) mass is 264 g/mol. The van der Waals surface area contributed by atoms with Crippen molar-refractivity contribution in [2.75, 3.05) is 14.2 Å². The highest BCUT2D eigenvalue weighted by molar-refractivity contribution is 6.06. The standard InChI is InChI=1S/C14H16O5/c1-14(2)7-9(15)11-10(19-14)6-5-8(12(11)17-3)13(16)18-4/h5-6H,7H2,1-4H3. The van der Waals surface area contributed by atoms with E-state index in [2.05, 4.69) is 4.74 Å². The average Bonchev–Trinajstić information content (AvgIpc) is 2.34. The molecular weight excluding hydrogens is 248 g/mol. The smallest absolute Gasteiger partial charge is 0.341 e. The Balaban J connectivity index is 2.61. The van der Waals surface area contributed by atoms with Crippen molar-refractivity contribution in [3.8, 4) is 11.5 Å². The molecule has 0 saturated carbocycles. The Hall–Kier alpha value is -2.04. The zero-order valence-corrected chi connectivity index (χ0v) is 11.4. The molecule has 0 amide bonds. The number of hydrogen-bond donors (Lipinski definition) is 0. The van der Waals surface area contributed by atoms with E-state index in [-0.39, 0.29) is 23.5 Å². The van der Waals surface area contributed by atoms with E-state index in [1.54, 1.807) is 6.07 Å². The number of esters is 1. The van der Waals surface area contributed by atoms with Crippen LogP contribution in [-0.4, -0.2) is 31.6 Å². The number of fused-ring (bicyclic) bond motifs is 1. The highest BCUT2D eigenvalue weighted by atomic mass is 16.5. The normalized spacial score (nSPS) is 16.3. The van der Waals surface area contributed by atoms with Crippen LogP contribution < -0.4 is 9.47 Å². The molecule has 19 heavy (non-hydrogen) atoms. The molecule has 1 aliphatic rings. The van der Waals surface area contributed by atoms with Crippen LogP contribution in [0.4, 0.5) is 0 Å². The van der Waals surface area contributed by atoms with E-state index < -0.39 is 11.6 Å². The maximum atomic E-state index is 12.2. The van der Waals surface area contributed by atoms with Gasteiger partial charge in [-0.25, -0.2) is 4.79 Å². The van der Waals surface area contributed by atoms with Gasteiger partial charge in [0.05, 0.1) is 20.6 Å². The van der Waals surface area contributed by atoms with Gasteiger partial charge in [0.1, 0.15) is 28.2 Å². The van der Waals surface area contributed by atoms with Gasteiger partial charge in [0.25, 0.3) is 0 Å². The summed E-state index contributed by atoms with van der Waals surface area (Å²) in [6, 6.07) is 3.14. The fourth-order valence-electron chi connectivity index (χ4n) is 2.21. The van der Waals surface area contributed by atoms with Crippen LogP contribution in [0.2, 0.25) is 0 Å². The van der Waals surface area contributed by atoms with E-state index in [9.17, 15) is 9.59 Å². The van der Waals surface area contributed by atoms with Gasteiger partial charge >= 0.3 is 5.97 Å². The fraction of sp³-hybridized carbons (Fsp3) is 0.429. The number of ketones is 1. The molecule has 0 bridgehead atoms. The van der Waals surface area contributed by atoms with Crippen LogP contribution >= 0.6 is 0 Å². The summed E-state index contributed by atoms with van der Waals surface area (Å²) in [6.07, 6.45) is 0.237. The Morgan fingerprint density at radius 3 is 2.58 bits per heavy atom. The highest BCUT2D eigenvalue weighted by Crippen LogP contribution is 2.40. The first-order valence-electron chi connectivity index (χ1n) is 5.91. The largest absolute Gasteiger partial charge is 0.495 e. The Kier molecular flexibility index (Phi) is 3.22. The quantitative estimate of drug-likeness (QED) is 0.766. The molecule has 0 fully saturated rings. The van der Waals surface area contributed by atoms with Crippen molar-refractivity contribution >= 4 is 11.8 Å². The lowest BCUT2D eigenvalue weighted by atomic mass is 9.91. The van der Waals surface area contributed by atoms with Crippen molar-refractivity contribution in [2.45, 2.75) is 25.9 Å². The van der Waals surface area contributed by atoms with Crippen molar-refractivity contribution in [1.82, 2.24) is 0 Å². The van der Waals surface area contributed by atoms with Crippen LogP contribution in [0.25, 0.3) is 0 Å². The van der Waals surface area contributed by atoms with E-state index >= 15 is 0 Å². The minimum Gasteiger partial charge on any atom is -0.495 e. The number of rotatable bonds is 2. The highest BCUT2D eigenvalue weighted by Gasteiger charge is 2.36. The lowest BCUT2D eigenvalue weighted by Gasteiger charge is -2.32. The van der Waals surface area contributed by atoms with Crippen LogP contribution in [0.1, 0.15) is 41.0 Å². The second-order valence-electron chi connectivity index (χ2n) is 4.97. The van der Waals surface area contributed by atoms with Gasteiger partial charge in [0, 0.05) is 0 Å². The molecule has 0 saturated heterocycles. The maximum Gasteiger partial charge on any atom is 0.341 e. The molecule has 2 rings (SSSR count). The summed E-state index contributed by atoms with van der Waals surface area (Å²) in [6.45, 7) is 3.68. The lowest BCUT2D eigenvalue weighted by molar-refractivity contribution is 0.0591. The van der Waals surface area contributed by atoms with Gasteiger partial charge in [0.2, 0.25) is 0 Å². The molecule has 1 aliphatic heterocycles. The van der Waals surface area contributed by atoms with Gasteiger partial charge in [-0.2, -0.15) is 0 Å². The molecule has 0 aromatic heterocycles. The van der Waals surface area contributed by atoms with Gasteiger partial charge in [-0.1, -0.05) is 0 Å². The Morgan fingerprint density at radius 1 is 1.32 bits per heavy atom. The molecule has 0 radical (unpaired) electrons. The third-order valence-corrected chi connectivity index (χ3v) is 2.98. The second-order valence-corrected chi connectivity index (χ2v) is 4.97. The molecule has 0 atom stereocenters. The minimum atomic E-state index is -0.554. The van der Waals surface area contributed by atoms with Gasteiger partial charge in [-0.15, -0.1) is 0 Å². The Bertz CT molecular complexity index is 545. The molecule has 102 valence electrons. The Morgan fingerprint density at radius 2 is 2.00 bits per heavy atom. The van der Waals surface area contributed by atoms with Crippen LogP contribution in [0, 0.1) is 0 Å². The van der Waals surface area contributed by atoms with E-state index in [0.29, 0.717) is 11.3 Å². The number of benzene rings is 1. The lowest BCUT2D eigenvalue weighted by Crippen LogP contribution is -2.36. The van der Waals surface area contributed by atoms with Gasteiger partial charge < -0.3 is 14.2 Å². The number of carbonyl (C=O) groups excluding carboxylic acids is 2. The molecule has 0 unspecified atom stereocenters. The molecule has 0 N–H and O–H groups in total. The summed E-state index contributed by atoms with van der Waals surface area (Å²) in [5, 5.41) is 0. The summed E-state index contributed by atoms with van der Waals surface area (Å²) in [5.74, 6) is 0.00161. The second kappa shape index (κ2) is 4.57.